The van der Waals surface area contributed by atoms with Crippen LogP contribution in [0.5, 0.6) is 0 Å². The first-order valence-corrected chi connectivity index (χ1v) is 8.44. The number of nitrogens with zero attached hydrogens (tertiary/aromatic N) is 1. The van der Waals surface area contributed by atoms with Crippen molar-refractivity contribution in [3.63, 3.8) is 0 Å². The molecule has 0 bridgehead atoms. The van der Waals surface area contributed by atoms with Gasteiger partial charge in [0, 0.05) is 33.4 Å². The molecule has 0 spiro atoms. The molecule has 2 fully saturated rings. The van der Waals surface area contributed by atoms with E-state index in [9.17, 15) is 8.42 Å². The molecule has 1 heterocycles. The van der Waals surface area contributed by atoms with E-state index < -0.39 is 10.0 Å². The van der Waals surface area contributed by atoms with Crippen molar-refractivity contribution in [2.24, 2.45) is 0 Å². The van der Waals surface area contributed by atoms with Gasteiger partial charge in [-0.15, -0.1) is 0 Å². The molecule has 112 valence electrons. The molecule has 2 aliphatic rings. The number of nitrogens with one attached hydrogen (secondary N) is 1. The number of methoxy groups -OCH3 is 2. The molecule has 1 saturated heterocycles. The molecule has 0 aromatic rings. The van der Waals surface area contributed by atoms with Crippen LogP contribution >= 0.6 is 0 Å². The molecular formula is C12H24N2O4S. The van der Waals surface area contributed by atoms with Crippen molar-refractivity contribution in [3.05, 3.63) is 0 Å². The van der Waals surface area contributed by atoms with E-state index in [1.54, 1.807) is 14.2 Å². The van der Waals surface area contributed by atoms with Gasteiger partial charge in [-0.3, -0.25) is 0 Å². The van der Waals surface area contributed by atoms with Crippen LogP contribution in [0, 0.1) is 0 Å². The summed E-state index contributed by atoms with van der Waals surface area (Å²) in [4.78, 5) is 0. The normalized spacial score (nSPS) is 28.9. The molecule has 2 rings (SSSR count). The topological polar surface area (TPSA) is 67.9 Å². The van der Waals surface area contributed by atoms with E-state index in [1.165, 1.54) is 17.1 Å². The van der Waals surface area contributed by atoms with Gasteiger partial charge in [-0.05, 0) is 25.8 Å². The molecule has 7 heteroatoms. The Morgan fingerprint density at radius 3 is 2.21 bits per heavy atom. The van der Waals surface area contributed by atoms with Crippen LogP contribution < -0.4 is 5.32 Å². The predicted molar refractivity (Wildman–Crippen MR) is 72.6 cm³/mol. The summed E-state index contributed by atoms with van der Waals surface area (Å²) in [6.07, 6.45) is 2.78. The maximum atomic E-state index is 12.2. The lowest BCUT2D eigenvalue weighted by Crippen LogP contribution is -2.33. The Morgan fingerprint density at radius 2 is 1.74 bits per heavy atom. The lowest BCUT2D eigenvalue weighted by Gasteiger charge is -2.15. The highest BCUT2D eigenvalue weighted by atomic mass is 32.2. The largest absolute Gasteiger partial charge is 0.377 e. The molecule has 0 radical (unpaired) electrons. The number of hydrogen-bond acceptors (Lipinski definition) is 5. The number of rotatable bonds is 8. The monoisotopic (exact) mass is 292 g/mol. The number of hydrogen-bond donors (Lipinski definition) is 1. The molecule has 1 aliphatic heterocycles. The van der Waals surface area contributed by atoms with E-state index in [1.807, 2.05) is 0 Å². The second kappa shape index (κ2) is 6.49. The summed E-state index contributed by atoms with van der Waals surface area (Å²) in [7, 11) is -0.0109. The molecule has 0 amide bonds. The van der Waals surface area contributed by atoms with Gasteiger partial charge in [-0.1, -0.05) is 0 Å². The van der Waals surface area contributed by atoms with E-state index in [2.05, 4.69) is 5.32 Å². The lowest BCUT2D eigenvalue weighted by atomic mass is 10.3. The average Bonchev–Trinajstić information content (AvgIpc) is 3.11. The van der Waals surface area contributed by atoms with Crippen LogP contribution in [0.2, 0.25) is 0 Å². The molecule has 6 nitrogen and oxygen atoms in total. The van der Waals surface area contributed by atoms with E-state index in [4.69, 9.17) is 9.47 Å². The first-order valence-electron chi connectivity index (χ1n) is 6.83. The summed E-state index contributed by atoms with van der Waals surface area (Å²) < 4.78 is 36.4. The van der Waals surface area contributed by atoms with Crippen molar-refractivity contribution in [1.82, 2.24) is 9.62 Å². The van der Waals surface area contributed by atoms with E-state index in [0.717, 1.165) is 6.54 Å². The molecule has 1 saturated carbocycles. The Hall–Kier alpha value is -0.210. The van der Waals surface area contributed by atoms with Crippen LogP contribution in [0.15, 0.2) is 0 Å². The maximum absolute atomic E-state index is 12.2. The molecule has 1 aliphatic carbocycles. The minimum absolute atomic E-state index is 0.163. The van der Waals surface area contributed by atoms with Gasteiger partial charge >= 0.3 is 0 Å². The Labute approximate surface area is 115 Å². The van der Waals surface area contributed by atoms with Crippen molar-refractivity contribution < 1.29 is 17.9 Å². The summed E-state index contributed by atoms with van der Waals surface area (Å²) in [6.45, 7) is 1.57. The average molecular weight is 292 g/mol. The second-order valence-corrected chi connectivity index (χ2v) is 7.35. The number of ether oxygens (including phenoxy) is 2. The summed E-state index contributed by atoms with van der Waals surface area (Å²) in [5.74, 6) is 0.194. The minimum Gasteiger partial charge on any atom is -0.377 e. The van der Waals surface area contributed by atoms with Gasteiger partial charge in [0.05, 0.1) is 18.0 Å². The van der Waals surface area contributed by atoms with Crippen molar-refractivity contribution in [2.45, 2.75) is 37.5 Å². The Bertz CT molecular complexity index is 371. The highest BCUT2D eigenvalue weighted by Gasteiger charge is 2.38. The lowest BCUT2D eigenvalue weighted by molar-refractivity contribution is -0.00461. The molecule has 2 atom stereocenters. The first-order chi connectivity index (χ1) is 9.06. The zero-order chi connectivity index (χ0) is 13.9. The summed E-state index contributed by atoms with van der Waals surface area (Å²) >= 11 is 0. The van der Waals surface area contributed by atoms with Gasteiger partial charge in [-0.25, -0.2) is 8.42 Å². The van der Waals surface area contributed by atoms with E-state index >= 15 is 0 Å². The van der Waals surface area contributed by atoms with Gasteiger partial charge in [0.2, 0.25) is 10.0 Å². The van der Waals surface area contributed by atoms with Gasteiger partial charge in [0.15, 0.2) is 0 Å². The molecule has 2 unspecified atom stereocenters. The van der Waals surface area contributed by atoms with Crippen LogP contribution in [0.1, 0.15) is 19.3 Å². The summed E-state index contributed by atoms with van der Waals surface area (Å²) in [5, 5.41) is 3.33. The maximum Gasteiger partial charge on any atom is 0.214 e. The fourth-order valence-electron chi connectivity index (χ4n) is 2.37. The van der Waals surface area contributed by atoms with Crippen LogP contribution in [0.3, 0.4) is 0 Å². The Morgan fingerprint density at radius 1 is 1.16 bits per heavy atom. The van der Waals surface area contributed by atoms with Gasteiger partial charge in [-0.2, -0.15) is 4.31 Å². The Balaban J connectivity index is 1.78. The van der Waals surface area contributed by atoms with Crippen LogP contribution in [-0.2, 0) is 19.5 Å². The quantitative estimate of drug-likeness (QED) is 0.628. The molecular weight excluding hydrogens is 268 g/mol. The zero-order valence-corrected chi connectivity index (χ0v) is 12.5. The third-order valence-corrected chi connectivity index (χ3v) is 5.66. The fraction of sp³-hybridized carbons (Fsp3) is 1.00. The van der Waals surface area contributed by atoms with Gasteiger partial charge in [0.25, 0.3) is 0 Å². The third-order valence-electron chi connectivity index (χ3n) is 3.77. The molecule has 0 aromatic heterocycles. The molecule has 1 N–H and O–H groups in total. The van der Waals surface area contributed by atoms with Crippen LogP contribution in [0.4, 0.5) is 0 Å². The van der Waals surface area contributed by atoms with Crippen molar-refractivity contribution in [1.29, 1.82) is 0 Å². The predicted octanol–water partition coefficient (Wildman–Crippen LogP) is -0.196. The van der Waals surface area contributed by atoms with Gasteiger partial charge < -0.3 is 14.8 Å². The van der Waals surface area contributed by atoms with Crippen LogP contribution in [-0.4, -0.2) is 70.6 Å². The van der Waals surface area contributed by atoms with Crippen molar-refractivity contribution in [3.8, 4) is 0 Å². The SMILES string of the molecule is COC1CN(S(=O)(=O)CCCNC2CC2)CC1OC. The Kier molecular flexibility index (Phi) is 5.19. The summed E-state index contributed by atoms with van der Waals surface area (Å²) in [6, 6.07) is 0.630. The fourth-order valence-corrected chi connectivity index (χ4v) is 3.88. The molecule has 0 aromatic carbocycles. The summed E-state index contributed by atoms with van der Waals surface area (Å²) in [5.41, 5.74) is 0. The molecule has 19 heavy (non-hydrogen) atoms. The zero-order valence-electron chi connectivity index (χ0n) is 11.7. The first kappa shape index (κ1) is 15.2. The smallest absolute Gasteiger partial charge is 0.214 e. The standard InChI is InChI=1S/C12H24N2O4S/c1-17-11-8-14(9-12(11)18-2)19(15,16)7-3-6-13-10-4-5-10/h10-13H,3-9H2,1-2H3. The third kappa shape index (κ3) is 4.13. The van der Waals surface area contributed by atoms with Crippen LogP contribution in [0.25, 0.3) is 0 Å². The highest BCUT2D eigenvalue weighted by Crippen LogP contribution is 2.20. The van der Waals surface area contributed by atoms with Crippen molar-refractivity contribution >= 4 is 10.0 Å². The van der Waals surface area contributed by atoms with E-state index in [0.29, 0.717) is 25.6 Å². The van der Waals surface area contributed by atoms with Gasteiger partial charge in [0.1, 0.15) is 0 Å². The van der Waals surface area contributed by atoms with Crippen molar-refractivity contribution in [2.75, 3.05) is 39.6 Å². The van der Waals surface area contributed by atoms with E-state index in [-0.39, 0.29) is 18.0 Å². The second-order valence-electron chi connectivity index (χ2n) is 5.26. The minimum atomic E-state index is -3.19. The number of sulfonamides is 1. The highest BCUT2D eigenvalue weighted by molar-refractivity contribution is 7.89.